The van der Waals surface area contributed by atoms with Crippen LogP contribution in [0.25, 0.3) is 21.0 Å². The van der Waals surface area contributed by atoms with Crippen LogP contribution in [0.5, 0.6) is 0 Å². The third-order valence-corrected chi connectivity index (χ3v) is 7.45. The second-order valence-electron chi connectivity index (χ2n) is 6.73. The summed E-state index contributed by atoms with van der Waals surface area (Å²) >= 11 is 1.35. The SMILES string of the molecule is CCCN(CC(=O)Nc1nc2ccccc2s1)S(=O)(=O)c1cccc2cnccc12. The number of benzene rings is 2. The fourth-order valence-electron chi connectivity index (χ4n) is 3.24. The predicted molar refractivity (Wildman–Crippen MR) is 119 cm³/mol. The molecule has 4 aromatic rings. The Morgan fingerprint density at radius 3 is 2.77 bits per heavy atom. The molecule has 4 rings (SSSR count). The van der Waals surface area contributed by atoms with E-state index in [2.05, 4.69) is 15.3 Å². The normalized spacial score (nSPS) is 11.9. The smallest absolute Gasteiger partial charge is 0.244 e. The number of hydrogen-bond donors (Lipinski definition) is 1. The lowest BCUT2D eigenvalue weighted by atomic mass is 10.2. The Hall–Kier alpha value is -2.88. The lowest BCUT2D eigenvalue weighted by Crippen LogP contribution is -2.38. The van der Waals surface area contributed by atoms with Crippen molar-refractivity contribution in [2.75, 3.05) is 18.4 Å². The van der Waals surface area contributed by atoms with Gasteiger partial charge in [0, 0.05) is 29.7 Å². The summed E-state index contributed by atoms with van der Waals surface area (Å²) in [5.74, 6) is -0.423. The van der Waals surface area contributed by atoms with E-state index in [4.69, 9.17) is 0 Å². The van der Waals surface area contributed by atoms with Crippen LogP contribution in [0.4, 0.5) is 5.13 Å². The number of carbonyl (C=O) groups is 1. The molecule has 1 amide bonds. The lowest BCUT2D eigenvalue weighted by Gasteiger charge is -2.21. The number of nitrogens with one attached hydrogen (secondary N) is 1. The van der Waals surface area contributed by atoms with Gasteiger partial charge in [-0.05, 0) is 30.7 Å². The van der Waals surface area contributed by atoms with Crippen molar-refractivity contribution in [1.29, 1.82) is 0 Å². The maximum absolute atomic E-state index is 13.4. The molecule has 0 unspecified atom stereocenters. The molecule has 0 atom stereocenters. The highest BCUT2D eigenvalue weighted by Gasteiger charge is 2.28. The Morgan fingerprint density at radius 1 is 1.13 bits per heavy atom. The molecule has 2 aromatic carbocycles. The van der Waals surface area contributed by atoms with Gasteiger partial charge in [-0.2, -0.15) is 4.31 Å². The van der Waals surface area contributed by atoms with Crippen molar-refractivity contribution in [3.63, 3.8) is 0 Å². The van der Waals surface area contributed by atoms with Crippen LogP contribution in [0.3, 0.4) is 0 Å². The van der Waals surface area contributed by atoms with Gasteiger partial charge in [-0.25, -0.2) is 13.4 Å². The van der Waals surface area contributed by atoms with Crippen LogP contribution in [-0.4, -0.2) is 41.7 Å². The molecule has 0 radical (unpaired) electrons. The van der Waals surface area contributed by atoms with Gasteiger partial charge in [0.05, 0.1) is 21.7 Å². The second-order valence-corrected chi connectivity index (χ2v) is 9.66. The fourth-order valence-corrected chi connectivity index (χ4v) is 5.82. The molecule has 0 saturated heterocycles. The number of amides is 1. The van der Waals surface area contributed by atoms with Crippen LogP contribution in [-0.2, 0) is 14.8 Å². The highest BCUT2D eigenvalue weighted by molar-refractivity contribution is 7.89. The molecule has 0 aliphatic rings. The van der Waals surface area contributed by atoms with E-state index in [9.17, 15) is 13.2 Å². The summed E-state index contributed by atoms with van der Waals surface area (Å²) in [6, 6.07) is 14.3. The molecule has 0 aliphatic carbocycles. The Balaban J connectivity index is 1.60. The van der Waals surface area contributed by atoms with Gasteiger partial charge in [0.1, 0.15) is 0 Å². The molecule has 2 aromatic heterocycles. The zero-order valence-electron chi connectivity index (χ0n) is 16.3. The second kappa shape index (κ2) is 8.47. The van der Waals surface area contributed by atoms with E-state index in [1.807, 2.05) is 37.3 Å². The van der Waals surface area contributed by atoms with Crippen LogP contribution >= 0.6 is 11.3 Å². The van der Waals surface area contributed by atoms with Crippen molar-refractivity contribution in [2.24, 2.45) is 0 Å². The van der Waals surface area contributed by atoms with Gasteiger partial charge in [0.25, 0.3) is 0 Å². The van der Waals surface area contributed by atoms with E-state index in [0.29, 0.717) is 16.9 Å². The molecule has 0 spiro atoms. The molecule has 9 heteroatoms. The number of thiazole rings is 1. The average molecular weight is 441 g/mol. The van der Waals surface area contributed by atoms with E-state index in [-0.39, 0.29) is 18.0 Å². The molecule has 0 aliphatic heterocycles. The third-order valence-electron chi connectivity index (χ3n) is 4.59. The number of sulfonamides is 1. The van der Waals surface area contributed by atoms with Crippen molar-refractivity contribution < 1.29 is 13.2 Å². The van der Waals surface area contributed by atoms with Crippen LogP contribution in [0.15, 0.2) is 65.8 Å². The first-order valence-electron chi connectivity index (χ1n) is 9.47. The summed E-state index contributed by atoms with van der Waals surface area (Å²) in [5.41, 5.74) is 0.792. The molecule has 30 heavy (non-hydrogen) atoms. The maximum Gasteiger partial charge on any atom is 0.244 e. The van der Waals surface area contributed by atoms with Gasteiger partial charge in [-0.3, -0.25) is 9.78 Å². The topological polar surface area (TPSA) is 92.3 Å². The molecule has 1 N–H and O–H groups in total. The highest BCUT2D eigenvalue weighted by atomic mass is 32.2. The van der Waals surface area contributed by atoms with E-state index in [1.54, 1.807) is 30.6 Å². The molecular weight excluding hydrogens is 420 g/mol. The minimum absolute atomic E-state index is 0.170. The number of anilines is 1. The number of nitrogens with zero attached hydrogens (tertiary/aromatic N) is 3. The van der Waals surface area contributed by atoms with Gasteiger partial charge in [-0.1, -0.05) is 42.5 Å². The molecule has 0 fully saturated rings. The molecule has 0 bridgehead atoms. The lowest BCUT2D eigenvalue weighted by molar-refractivity contribution is -0.116. The largest absolute Gasteiger partial charge is 0.301 e. The number of para-hydroxylation sites is 1. The zero-order valence-corrected chi connectivity index (χ0v) is 17.9. The van der Waals surface area contributed by atoms with Gasteiger partial charge < -0.3 is 5.32 Å². The molecule has 0 saturated carbocycles. The highest BCUT2D eigenvalue weighted by Crippen LogP contribution is 2.27. The van der Waals surface area contributed by atoms with Crippen LogP contribution < -0.4 is 5.32 Å². The Bertz CT molecular complexity index is 1280. The van der Waals surface area contributed by atoms with E-state index in [1.165, 1.54) is 15.6 Å². The zero-order chi connectivity index (χ0) is 21.1. The van der Waals surface area contributed by atoms with E-state index in [0.717, 1.165) is 15.6 Å². The minimum Gasteiger partial charge on any atom is -0.301 e. The predicted octanol–water partition coefficient (Wildman–Crippen LogP) is 3.88. The Morgan fingerprint density at radius 2 is 1.97 bits per heavy atom. The maximum atomic E-state index is 13.4. The third kappa shape index (κ3) is 4.04. The van der Waals surface area contributed by atoms with Crippen molar-refractivity contribution in [2.45, 2.75) is 18.2 Å². The number of rotatable bonds is 7. The first-order valence-corrected chi connectivity index (χ1v) is 11.7. The minimum atomic E-state index is -3.87. The Kier molecular flexibility index (Phi) is 5.76. The van der Waals surface area contributed by atoms with Gasteiger partial charge >= 0.3 is 0 Å². The average Bonchev–Trinajstić information content (AvgIpc) is 3.15. The number of pyridine rings is 1. The number of aromatic nitrogens is 2. The summed E-state index contributed by atoms with van der Waals surface area (Å²) in [5, 5.41) is 4.50. The van der Waals surface area contributed by atoms with Crippen molar-refractivity contribution in [1.82, 2.24) is 14.3 Å². The Labute approximate surface area is 178 Å². The quantitative estimate of drug-likeness (QED) is 0.471. The molecular formula is C21H20N4O3S2. The van der Waals surface area contributed by atoms with Crippen molar-refractivity contribution >= 4 is 53.4 Å². The molecule has 7 nitrogen and oxygen atoms in total. The summed E-state index contributed by atoms with van der Waals surface area (Å²) in [7, 11) is -3.87. The van der Waals surface area contributed by atoms with Gasteiger partial charge in [0.2, 0.25) is 15.9 Å². The van der Waals surface area contributed by atoms with E-state index < -0.39 is 15.9 Å². The monoisotopic (exact) mass is 440 g/mol. The number of carbonyl (C=O) groups excluding carboxylic acids is 1. The van der Waals surface area contributed by atoms with Crippen LogP contribution in [0.2, 0.25) is 0 Å². The standard InChI is InChI=1S/C21H20N4O3S2/c1-2-12-25(14-20(26)24-21-23-17-7-3-4-8-18(17)29-21)30(27,28)19-9-5-6-15-13-22-11-10-16(15)19/h3-11,13H,2,12,14H2,1H3,(H,23,24,26). The van der Waals surface area contributed by atoms with Crippen LogP contribution in [0.1, 0.15) is 13.3 Å². The fraction of sp³-hybridized carbons (Fsp3) is 0.190. The van der Waals surface area contributed by atoms with Crippen molar-refractivity contribution in [3.05, 3.63) is 60.9 Å². The van der Waals surface area contributed by atoms with Crippen molar-refractivity contribution in [3.8, 4) is 0 Å². The number of fused-ring (bicyclic) bond motifs is 2. The first kappa shape index (κ1) is 20.4. The summed E-state index contributed by atoms with van der Waals surface area (Å²) < 4.78 is 28.9. The summed E-state index contributed by atoms with van der Waals surface area (Å²) in [6.45, 7) is 1.83. The first-order chi connectivity index (χ1) is 14.5. The van der Waals surface area contributed by atoms with Crippen LogP contribution in [0, 0.1) is 0 Å². The number of hydrogen-bond acceptors (Lipinski definition) is 6. The van der Waals surface area contributed by atoms with Gasteiger partial charge in [0.15, 0.2) is 5.13 Å². The van der Waals surface area contributed by atoms with Gasteiger partial charge in [-0.15, -0.1) is 0 Å². The summed E-state index contributed by atoms with van der Waals surface area (Å²) in [4.78, 5) is 21.3. The van der Waals surface area contributed by atoms with E-state index >= 15 is 0 Å². The summed E-state index contributed by atoms with van der Waals surface area (Å²) in [6.07, 6.45) is 3.77. The molecule has 154 valence electrons. The molecule has 2 heterocycles.